The smallest absolute Gasteiger partial charge is 0.322 e. The van der Waals surface area contributed by atoms with Crippen molar-refractivity contribution in [3.8, 4) is 0 Å². The van der Waals surface area contributed by atoms with Gasteiger partial charge in [-0.2, -0.15) is 0 Å². The third-order valence-corrected chi connectivity index (χ3v) is 3.76. The monoisotopic (exact) mass is 226 g/mol. The number of nitrogens with one attached hydrogen (secondary N) is 1. The number of esters is 1. The summed E-state index contributed by atoms with van der Waals surface area (Å²) in [5, 5.41) is 3.42. The zero-order valence-corrected chi connectivity index (χ0v) is 10.2. The molecular weight excluding hydrogens is 204 g/mol. The minimum Gasteiger partial charge on any atom is -0.465 e. The van der Waals surface area contributed by atoms with Crippen LogP contribution in [0.2, 0.25) is 0 Å². The molecule has 0 aromatic heterocycles. The van der Waals surface area contributed by atoms with Gasteiger partial charge in [0, 0.05) is 12.6 Å². The maximum Gasteiger partial charge on any atom is 0.322 e. The van der Waals surface area contributed by atoms with Gasteiger partial charge in [-0.15, -0.1) is 0 Å². The molecule has 4 nitrogen and oxygen atoms in total. The summed E-state index contributed by atoms with van der Waals surface area (Å²) in [5.74, 6) is 0.626. The maximum atomic E-state index is 11.5. The second-order valence-electron chi connectivity index (χ2n) is 4.88. The third-order valence-electron chi connectivity index (χ3n) is 3.76. The van der Waals surface area contributed by atoms with E-state index in [1.54, 1.807) is 0 Å². The van der Waals surface area contributed by atoms with Crippen LogP contribution < -0.4 is 5.32 Å². The van der Waals surface area contributed by atoms with E-state index in [0.717, 1.165) is 12.5 Å². The highest BCUT2D eigenvalue weighted by Crippen LogP contribution is 2.27. The quantitative estimate of drug-likeness (QED) is 0.714. The Kier molecular flexibility index (Phi) is 3.82. The van der Waals surface area contributed by atoms with Gasteiger partial charge in [-0.1, -0.05) is 0 Å². The number of rotatable bonds is 4. The number of carbonyl (C=O) groups excluding carboxylic acids is 1. The van der Waals surface area contributed by atoms with Crippen molar-refractivity contribution in [3.05, 3.63) is 0 Å². The fraction of sp³-hybridized carbons (Fsp3) is 0.917. The van der Waals surface area contributed by atoms with Crippen molar-refractivity contribution in [1.29, 1.82) is 0 Å². The Labute approximate surface area is 97.3 Å². The van der Waals surface area contributed by atoms with E-state index in [0.29, 0.717) is 12.6 Å². The molecule has 0 aromatic carbocycles. The SMILES string of the molecule is CCOC(=O)C(C)NC1CN2CCC1CC2. The van der Waals surface area contributed by atoms with Crippen molar-refractivity contribution in [3.63, 3.8) is 0 Å². The lowest BCUT2D eigenvalue weighted by atomic mass is 9.84. The summed E-state index contributed by atoms with van der Waals surface area (Å²) in [5.41, 5.74) is 0. The van der Waals surface area contributed by atoms with Gasteiger partial charge in [0.05, 0.1) is 6.61 Å². The molecule has 92 valence electrons. The van der Waals surface area contributed by atoms with Crippen LogP contribution in [0.3, 0.4) is 0 Å². The van der Waals surface area contributed by atoms with Gasteiger partial charge in [0.25, 0.3) is 0 Å². The zero-order chi connectivity index (χ0) is 11.5. The van der Waals surface area contributed by atoms with E-state index in [9.17, 15) is 4.79 Å². The summed E-state index contributed by atoms with van der Waals surface area (Å²) in [6.07, 6.45) is 2.54. The molecule has 2 bridgehead atoms. The molecule has 3 rings (SSSR count). The number of piperidine rings is 3. The number of ether oxygens (including phenoxy) is 1. The van der Waals surface area contributed by atoms with Crippen LogP contribution in [0.4, 0.5) is 0 Å². The summed E-state index contributed by atoms with van der Waals surface area (Å²) < 4.78 is 5.01. The van der Waals surface area contributed by atoms with E-state index in [2.05, 4.69) is 10.2 Å². The van der Waals surface area contributed by atoms with E-state index < -0.39 is 0 Å². The molecule has 16 heavy (non-hydrogen) atoms. The van der Waals surface area contributed by atoms with Crippen LogP contribution in [0.5, 0.6) is 0 Å². The Morgan fingerprint density at radius 1 is 1.50 bits per heavy atom. The molecule has 3 fully saturated rings. The summed E-state index contributed by atoms with van der Waals surface area (Å²) >= 11 is 0. The first-order valence-corrected chi connectivity index (χ1v) is 6.35. The van der Waals surface area contributed by atoms with Gasteiger partial charge in [-0.25, -0.2) is 0 Å². The lowest BCUT2D eigenvalue weighted by Crippen LogP contribution is -2.58. The van der Waals surface area contributed by atoms with Crippen molar-refractivity contribution in [2.45, 2.75) is 38.8 Å². The molecule has 0 saturated carbocycles. The largest absolute Gasteiger partial charge is 0.465 e. The minimum atomic E-state index is -0.175. The molecule has 0 aromatic rings. The molecule has 3 aliphatic rings. The topological polar surface area (TPSA) is 41.6 Å². The minimum absolute atomic E-state index is 0.126. The highest BCUT2D eigenvalue weighted by molar-refractivity contribution is 5.75. The van der Waals surface area contributed by atoms with E-state index >= 15 is 0 Å². The van der Waals surface area contributed by atoms with Gasteiger partial charge in [0.2, 0.25) is 0 Å². The summed E-state index contributed by atoms with van der Waals surface area (Å²) in [6, 6.07) is 0.299. The van der Waals surface area contributed by atoms with Crippen LogP contribution >= 0.6 is 0 Å². The zero-order valence-electron chi connectivity index (χ0n) is 10.2. The van der Waals surface area contributed by atoms with E-state index in [4.69, 9.17) is 4.74 Å². The fourth-order valence-electron chi connectivity index (χ4n) is 2.81. The number of carbonyl (C=O) groups is 1. The Morgan fingerprint density at radius 2 is 2.19 bits per heavy atom. The van der Waals surface area contributed by atoms with Gasteiger partial charge in [0.15, 0.2) is 0 Å². The summed E-state index contributed by atoms with van der Waals surface area (Å²) in [7, 11) is 0. The standard InChI is InChI=1S/C12H22N2O2/c1-3-16-12(15)9(2)13-11-8-14-6-4-10(11)5-7-14/h9-11,13H,3-8H2,1-2H3. The number of fused-ring (bicyclic) bond motifs is 3. The fourth-order valence-corrected chi connectivity index (χ4v) is 2.81. The molecule has 1 N–H and O–H groups in total. The highest BCUT2D eigenvalue weighted by atomic mass is 16.5. The Bertz CT molecular complexity index is 249. The normalized spacial score (nSPS) is 34.8. The molecule has 0 aliphatic carbocycles. The van der Waals surface area contributed by atoms with Crippen LogP contribution in [0, 0.1) is 5.92 Å². The summed E-state index contributed by atoms with van der Waals surface area (Å²) in [4.78, 5) is 14.0. The van der Waals surface area contributed by atoms with Crippen LogP contribution in [0.25, 0.3) is 0 Å². The first kappa shape index (κ1) is 11.9. The van der Waals surface area contributed by atoms with Crippen molar-refractivity contribution in [2.24, 2.45) is 5.92 Å². The molecule has 0 spiro atoms. The average Bonchev–Trinajstić information content (AvgIpc) is 2.31. The van der Waals surface area contributed by atoms with Crippen molar-refractivity contribution >= 4 is 5.97 Å². The van der Waals surface area contributed by atoms with Crippen molar-refractivity contribution in [2.75, 3.05) is 26.2 Å². The van der Waals surface area contributed by atoms with Gasteiger partial charge >= 0.3 is 5.97 Å². The van der Waals surface area contributed by atoms with Gasteiger partial charge in [-0.05, 0) is 45.7 Å². The van der Waals surface area contributed by atoms with Gasteiger partial charge in [0.1, 0.15) is 6.04 Å². The predicted molar refractivity (Wildman–Crippen MR) is 62.2 cm³/mol. The Hall–Kier alpha value is -0.610. The van der Waals surface area contributed by atoms with Crippen LogP contribution in [0.1, 0.15) is 26.7 Å². The van der Waals surface area contributed by atoms with Crippen LogP contribution in [-0.4, -0.2) is 49.2 Å². The molecular formula is C12H22N2O2. The van der Waals surface area contributed by atoms with Crippen LogP contribution in [0.15, 0.2) is 0 Å². The van der Waals surface area contributed by atoms with Gasteiger partial charge in [-0.3, -0.25) is 4.79 Å². The first-order chi connectivity index (χ1) is 7.70. The lowest BCUT2D eigenvalue weighted by Gasteiger charge is -2.45. The molecule has 0 amide bonds. The van der Waals surface area contributed by atoms with E-state index in [1.165, 1.54) is 25.9 Å². The predicted octanol–water partition coefficient (Wildman–Crippen LogP) is 0.622. The average molecular weight is 226 g/mol. The van der Waals surface area contributed by atoms with Crippen molar-refractivity contribution in [1.82, 2.24) is 10.2 Å². The van der Waals surface area contributed by atoms with E-state index in [-0.39, 0.29) is 12.0 Å². The molecule has 2 unspecified atom stereocenters. The molecule has 3 heterocycles. The lowest BCUT2D eigenvalue weighted by molar-refractivity contribution is -0.145. The molecule has 4 heteroatoms. The molecule has 3 saturated heterocycles. The van der Waals surface area contributed by atoms with Crippen LogP contribution in [-0.2, 0) is 9.53 Å². The molecule has 3 aliphatic heterocycles. The number of hydrogen-bond acceptors (Lipinski definition) is 4. The Balaban J connectivity index is 1.83. The second kappa shape index (κ2) is 5.15. The number of nitrogens with zero attached hydrogens (tertiary/aromatic N) is 1. The first-order valence-electron chi connectivity index (χ1n) is 6.35. The van der Waals surface area contributed by atoms with Gasteiger partial charge < -0.3 is 15.0 Å². The maximum absolute atomic E-state index is 11.5. The van der Waals surface area contributed by atoms with E-state index in [1.807, 2.05) is 13.8 Å². The summed E-state index contributed by atoms with van der Waals surface area (Å²) in [6.45, 7) is 7.77. The number of hydrogen-bond donors (Lipinski definition) is 1. The second-order valence-corrected chi connectivity index (χ2v) is 4.88. The Morgan fingerprint density at radius 3 is 2.69 bits per heavy atom. The molecule has 0 radical (unpaired) electrons. The highest BCUT2D eigenvalue weighted by Gasteiger charge is 2.35. The third kappa shape index (κ3) is 2.55. The molecule has 2 atom stereocenters. The van der Waals surface area contributed by atoms with Crippen molar-refractivity contribution < 1.29 is 9.53 Å².